The first-order valence-electron chi connectivity index (χ1n) is 7.95. The van der Waals surface area contributed by atoms with Crippen LogP contribution in [-0.4, -0.2) is 16.0 Å². The Morgan fingerprint density at radius 2 is 2.12 bits per heavy atom. The van der Waals surface area contributed by atoms with Gasteiger partial charge in [-0.25, -0.2) is 4.98 Å². The monoisotopic (exact) mass is 411 g/mol. The highest BCUT2D eigenvalue weighted by molar-refractivity contribution is 9.10. The van der Waals surface area contributed by atoms with Crippen molar-refractivity contribution in [2.24, 2.45) is 0 Å². The number of carbonyl (C=O) groups excluding carboxylic acids is 1. The fourth-order valence-corrected chi connectivity index (χ4v) is 3.20. The second-order valence-electron chi connectivity index (χ2n) is 5.79. The van der Waals surface area contributed by atoms with Gasteiger partial charge in [-0.1, -0.05) is 33.2 Å². The lowest BCUT2D eigenvalue weighted by Gasteiger charge is -2.08. The first kappa shape index (κ1) is 16.5. The molecule has 130 valence electrons. The third-order valence-electron chi connectivity index (χ3n) is 3.98. The standard InChI is InChI=1S/C19H14BrN3O3/c1-11-17-14(18(24)21-10-12-4-2-5-13(20)8-12)9-15(16-6-3-7-25-16)22-19(17)26-23-11/h2-9H,10H2,1H3,(H,21,24). The summed E-state index contributed by atoms with van der Waals surface area (Å²) in [5.41, 5.74) is 2.89. The largest absolute Gasteiger partial charge is 0.463 e. The van der Waals surface area contributed by atoms with Crippen LogP contribution in [0, 0.1) is 6.92 Å². The van der Waals surface area contributed by atoms with Gasteiger partial charge in [0.05, 0.1) is 22.9 Å². The Bertz CT molecular complexity index is 1090. The molecule has 0 fully saturated rings. The molecule has 26 heavy (non-hydrogen) atoms. The van der Waals surface area contributed by atoms with Gasteiger partial charge in [0, 0.05) is 11.0 Å². The molecular weight excluding hydrogens is 398 g/mol. The molecule has 4 rings (SSSR count). The Kier molecular flexibility index (Phi) is 4.30. The molecule has 3 aromatic heterocycles. The van der Waals surface area contributed by atoms with Crippen LogP contribution in [0.1, 0.15) is 21.6 Å². The number of hydrogen-bond donors (Lipinski definition) is 1. The van der Waals surface area contributed by atoms with Crippen LogP contribution in [0.5, 0.6) is 0 Å². The molecule has 4 aromatic rings. The van der Waals surface area contributed by atoms with Crippen LogP contribution < -0.4 is 5.32 Å². The smallest absolute Gasteiger partial charge is 0.259 e. The van der Waals surface area contributed by atoms with Gasteiger partial charge in [-0.2, -0.15) is 0 Å². The van der Waals surface area contributed by atoms with Crippen molar-refractivity contribution in [2.45, 2.75) is 13.5 Å². The van der Waals surface area contributed by atoms with E-state index in [4.69, 9.17) is 8.94 Å². The van der Waals surface area contributed by atoms with Gasteiger partial charge in [-0.3, -0.25) is 4.79 Å². The maximum atomic E-state index is 12.8. The van der Waals surface area contributed by atoms with Crippen LogP contribution in [0.3, 0.4) is 0 Å². The van der Waals surface area contributed by atoms with E-state index in [1.165, 1.54) is 0 Å². The minimum Gasteiger partial charge on any atom is -0.463 e. The maximum Gasteiger partial charge on any atom is 0.259 e. The molecule has 0 aliphatic heterocycles. The fourth-order valence-electron chi connectivity index (χ4n) is 2.75. The van der Waals surface area contributed by atoms with E-state index in [1.54, 1.807) is 31.4 Å². The van der Waals surface area contributed by atoms with Crippen LogP contribution in [-0.2, 0) is 6.54 Å². The molecule has 3 heterocycles. The van der Waals surface area contributed by atoms with Gasteiger partial charge in [0.15, 0.2) is 5.76 Å². The number of fused-ring (bicyclic) bond motifs is 1. The van der Waals surface area contributed by atoms with Crippen molar-refractivity contribution in [1.29, 1.82) is 0 Å². The molecule has 0 radical (unpaired) electrons. The molecule has 7 heteroatoms. The average Bonchev–Trinajstić information content (AvgIpc) is 3.29. The molecule has 6 nitrogen and oxygen atoms in total. The molecule has 0 saturated carbocycles. The third-order valence-corrected chi connectivity index (χ3v) is 4.47. The van der Waals surface area contributed by atoms with Crippen molar-refractivity contribution >= 4 is 32.9 Å². The van der Waals surface area contributed by atoms with E-state index in [-0.39, 0.29) is 5.91 Å². The lowest BCUT2D eigenvalue weighted by atomic mass is 10.1. The first-order valence-corrected chi connectivity index (χ1v) is 8.74. The highest BCUT2D eigenvalue weighted by atomic mass is 79.9. The van der Waals surface area contributed by atoms with Gasteiger partial charge in [0.25, 0.3) is 11.6 Å². The molecule has 0 unspecified atom stereocenters. The van der Waals surface area contributed by atoms with Gasteiger partial charge in [-0.05, 0) is 42.8 Å². The molecule has 1 amide bonds. The Balaban J connectivity index is 1.69. The maximum absolute atomic E-state index is 12.8. The second kappa shape index (κ2) is 6.76. The van der Waals surface area contributed by atoms with Crippen LogP contribution in [0.2, 0.25) is 0 Å². The number of aromatic nitrogens is 2. The lowest BCUT2D eigenvalue weighted by Crippen LogP contribution is -2.23. The van der Waals surface area contributed by atoms with E-state index < -0.39 is 0 Å². The Morgan fingerprint density at radius 1 is 1.23 bits per heavy atom. The highest BCUT2D eigenvalue weighted by Gasteiger charge is 2.20. The minimum absolute atomic E-state index is 0.225. The summed E-state index contributed by atoms with van der Waals surface area (Å²) in [5, 5.41) is 7.48. The van der Waals surface area contributed by atoms with E-state index in [2.05, 4.69) is 31.4 Å². The minimum atomic E-state index is -0.225. The van der Waals surface area contributed by atoms with E-state index in [0.29, 0.717) is 40.4 Å². The van der Waals surface area contributed by atoms with Crippen LogP contribution in [0.25, 0.3) is 22.6 Å². The van der Waals surface area contributed by atoms with Crippen molar-refractivity contribution in [2.75, 3.05) is 0 Å². The van der Waals surface area contributed by atoms with Gasteiger partial charge < -0.3 is 14.3 Å². The lowest BCUT2D eigenvalue weighted by molar-refractivity contribution is 0.0952. The number of nitrogens with one attached hydrogen (secondary N) is 1. The normalized spacial score (nSPS) is 11.0. The van der Waals surface area contributed by atoms with Crippen molar-refractivity contribution in [3.05, 3.63) is 70.0 Å². The Hall–Kier alpha value is -2.93. The number of hydrogen-bond acceptors (Lipinski definition) is 5. The van der Waals surface area contributed by atoms with Crippen LogP contribution >= 0.6 is 15.9 Å². The van der Waals surface area contributed by atoms with Crippen molar-refractivity contribution in [3.63, 3.8) is 0 Å². The summed E-state index contributed by atoms with van der Waals surface area (Å²) in [5.74, 6) is 0.332. The summed E-state index contributed by atoms with van der Waals surface area (Å²) in [6.07, 6.45) is 1.56. The zero-order chi connectivity index (χ0) is 18.1. The molecule has 0 atom stereocenters. The number of carbonyl (C=O) groups is 1. The summed E-state index contributed by atoms with van der Waals surface area (Å²) in [6, 6.07) is 13.0. The van der Waals surface area contributed by atoms with Crippen LogP contribution in [0.15, 0.2) is 62.1 Å². The van der Waals surface area contributed by atoms with Crippen LogP contribution in [0.4, 0.5) is 0 Å². The van der Waals surface area contributed by atoms with Crippen molar-refractivity contribution < 1.29 is 13.7 Å². The number of benzene rings is 1. The number of furan rings is 1. The number of nitrogens with zero attached hydrogens (tertiary/aromatic N) is 2. The van der Waals surface area contributed by atoms with Gasteiger partial charge >= 0.3 is 0 Å². The topological polar surface area (TPSA) is 81.2 Å². The Morgan fingerprint density at radius 3 is 2.88 bits per heavy atom. The quantitative estimate of drug-likeness (QED) is 0.535. The molecule has 0 aliphatic carbocycles. The van der Waals surface area contributed by atoms with Crippen molar-refractivity contribution in [3.8, 4) is 11.5 Å². The predicted molar refractivity (Wildman–Crippen MR) is 99.6 cm³/mol. The average molecular weight is 412 g/mol. The number of rotatable bonds is 4. The molecule has 0 bridgehead atoms. The second-order valence-corrected chi connectivity index (χ2v) is 6.71. The summed E-state index contributed by atoms with van der Waals surface area (Å²) >= 11 is 3.43. The number of pyridine rings is 1. The van der Waals surface area contributed by atoms with Gasteiger partial charge in [-0.15, -0.1) is 0 Å². The number of halogens is 1. The molecule has 0 saturated heterocycles. The SMILES string of the molecule is Cc1noc2nc(-c3ccco3)cc(C(=O)NCc3cccc(Br)c3)c12. The highest BCUT2D eigenvalue weighted by Crippen LogP contribution is 2.27. The summed E-state index contributed by atoms with van der Waals surface area (Å²) in [7, 11) is 0. The van der Waals surface area contributed by atoms with E-state index in [1.807, 2.05) is 24.3 Å². The van der Waals surface area contributed by atoms with E-state index in [0.717, 1.165) is 10.0 Å². The molecule has 0 aliphatic rings. The summed E-state index contributed by atoms with van der Waals surface area (Å²) in [6.45, 7) is 2.19. The zero-order valence-electron chi connectivity index (χ0n) is 13.8. The van der Waals surface area contributed by atoms with E-state index in [9.17, 15) is 4.79 Å². The third kappa shape index (κ3) is 3.13. The molecule has 0 spiro atoms. The molecular formula is C19H14BrN3O3. The number of aryl methyl sites for hydroxylation is 1. The molecule has 1 aromatic carbocycles. The fraction of sp³-hybridized carbons (Fsp3) is 0.105. The van der Waals surface area contributed by atoms with E-state index >= 15 is 0 Å². The Labute approximate surface area is 157 Å². The predicted octanol–water partition coefficient (Wildman–Crippen LogP) is 4.48. The van der Waals surface area contributed by atoms with Gasteiger partial charge in [0.2, 0.25) is 0 Å². The molecule has 1 N–H and O–H groups in total. The summed E-state index contributed by atoms with van der Waals surface area (Å²) < 4.78 is 11.6. The first-order chi connectivity index (χ1) is 12.6. The van der Waals surface area contributed by atoms with Crippen molar-refractivity contribution in [1.82, 2.24) is 15.5 Å². The van der Waals surface area contributed by atoms with Gasteiger partial charge in [0.1, 0.15) is 5.69 Å². The summed E-state index contributed by atoms with van der Waals surface area (Å²) in [4.78, 5) is 17.2. The number of amides is 1. The zero-order valence-corrected chi connectivity index (χ0v) is 15.4.